The number of methoxy groups -OCH3 is 2. The van der Waals surface area contributed by atoms with Gasteiger partial charge in [0.2, 0.25) is 0 Å². The van der Waals surface area contributed by atoms with Crippen molar-refractivity contribution in [1.29, 1.82) is 0 Å². The van der Waals surface area contributed by atoms with Gasteiger partial charge in [0.1, 0.15) is 23.6 Å². The Labute approximate surface area is 220 Å². The average molecular weight is 515 g/mol. The molecule has 0 bridgehead atoms. The Kier molecular flexibility index (Phi) is 7.62. The van der Waals surface area contributed by atoms with Crippen molar-refractivity contribution in [2.75, 3.05) is 32.7 Å². The molecule has 0 unspecified atom stereocenters. The molecule has 0 radical (unpaired) electrons. The number of hydrogen-bond acceptors (Lipinski definition) is 8. The first-order valence-corrected chi connectivity index (χ1v) is 12.4. The number of carbonyl (C=O) groups excluding carboxylic acids is 1. The van der Waals surface area contributed by atoms with Crippen LogP contribution in [-0.2, 0) is 11.3 Å². The zero-order chi connectivity index (χ0) is 26.5. The summed E-state index contributed by atoms with van der Waals surface area (Å²) in [5, 5.41) is 22.1. The second kappa shape index (κ2) is 11.4. The van der Waals surface area contributed by atoms with E-state index in [-0.39, 0.29) is 11.9 Å². The number of amides is 1. The van der Waals surface area contributed by atoms with E-state index in [9.17, 15) is 9.90 Å². The zero-order valence-electron chi connectivity index (χ0n) is 21.3. The third-order valence-corrected chi connectivity index (χ3v) is 6.47. The van der Waals surface area contributed by atoms with E-state index in [2.05, 4.69) is 20.6 Å². The number of benzene rings is 2. The fraction of sp³-hybridized carbons (Fsp3) is 0.286. The molecular formula is C28H30N6O4. The number of nitrogens with one attached hydrogen (secondary N) is 2. The molecule has 2 aromatic heterocycles. The standard InChI is InChI=1S/C28H30N6O4/c1-37-14-13-29-26-24-25(33-34(27(24)32-17-31-26)20-11-12-21(35)15-20)19-9-7-18(8-10-19)16-30-28(36)22-5-3-4-6-23(22)38-2/h3-12,17,20-21,35H,13-16H2,1-2H3,(H,30,36)(H,29,31,32)/t20-,21-/m0/s1. The number of allylic oxidation sites excluding steroid dienone is 1. The molecule has 196 valence electrons. The average Bonchev–Trinajstić information content (AvgIpc) is 3.56. The Morgan fingerprint density at radius 2 is 1.92 bits per heavy atom. The van der Waals surface area contributed by atoms with Crippen molar-refractivity contribution in [3.8, 4) is 17.0 Å². The topological polar surface area (TPSA) is 123 Å². The van der Waals surface area contributed by atoms with Gasteiger partial charge in [-0.3, -0.25) is 4.79 Å². The number of ether oxygens (including phenoxy) is 2. The largest absolute Gasteiger partial charge is 0.496 e. The summed E-state index contributed by atoms with van der Waals surface area (Å²) >= 11 is 0. The van der Waals surface area contributed by atoms with Crippen molar-refractivity contribution >= 4 is 22.8 Å². The first kappa shape index (κ1) is 25.4. The van der Waals surface area contributed by atoms with Gasteiger partial charge in [-0.15, -0.1) is 0 Å². The van der Waals surface area contributed by atoms with Gasteiger partial charge in [-0.05, 0) is 17.7 Å². The van der Waals surface area contributed by atoms with E-state index in [0.717, 1.165) is 22.2 Å². The first-order valence-electron chi connectivity index (χ1n) is 12.4. The van der Waals surface area contributed by atoms with Crippen LogP contribution in [0.5, 0.6) is 5.75 Å². The predicted octanol–water partition coefficient (Wildman–Crippen LogP) is 3.35. The summed E-state index contributed by atoms with van der Waals surface area (Å²) in [5.41, 5.74) is 3.74. The van der Waals surface area contributed by atoms with E-state index in [1.165, 1.54) is 6.33 Å². The van der Waals surface area contributed by atoms with Gasteiger partial charge in [-0.1, -0.05) is 48.6 Å². The Hall–Kier alpha value is -4.28. The van der Waals surface area contributed by atoms with Crippen LogP contribution in [0.2, 0.25) is 0 Å². The molecule has 0 saturated heterocycles. The fourth-order valence-corrected chi connectivity index (χ4v) is 4.54. The Bertz CT molecular complexity index is 1450. The van der Waals surface area contributed by atoms with E-state index in [1.54, 1.807) is 38.5 Å². The number of hydrogen-bond donors (Lipinski definition) is 3. The van der Waals surface area contributed by atoms with Crippen molar-refractivity contribution in [2.24, 2.45) is 0 Å². The number of aromatic nitrogens is 4. The molecule has 0 saturated carbocycles. The number of rotatable bonds is 10. The minimum absolute atomic E-state index is 0.104. The number of nitrogens with zero attached hydrogens (tertiary/aromatic N) is 4. The van der Waals surface area contributed by atoms with Gasteiger partial charge in [0, 0.05) is 32.2 Å². The maximum Gasteiger partial charge on any atom is 0.255 e. The normalized spacial score (nSPS) is 16.6. The number of aliphatic hydroxyl groups excluding tert-OH is 1. The van der Waals surface area contributed by atoms with Crippen LogP contribution in [0.4, 0.5) is 5.82 Å². The minimum atomic E-state index is -0.505. The van der Waals surface area contributed by atoms with Crippen LogP contribution in [0.1, 0.15) is 28.4 Å². The summed E-state index contributed by atoms with van der Waals surface area (Å²) in [6, 6.07) is 14.9. The number of anilines is 1. The van der Waals surface area contributed by atoms with Crippen molar-refractivity contribution in [1.82, 2.24) is 25.1 Å². The highest BCUT2D eigenvalue weighted by molar-refractivity contribution is 5.99. The summed E-state index contributed by atoms with van der Waals surface area (Å²) in [4.78, 5) is 21.7. The summed E-state index contributed by atoms with van der Waals surface area (Å²) in [7, 11) is 3.20. The van der Waals surface area contributed by atoms with Crippen LogP contribution in [0.3, 0.4) is 0 Å². The van der Waals surface area contributed by atoms with Crippen molar-refractivity contribution in [2.45, 2.75) is 25.1 Å². The van der Waals surface area contributed by atoms with Crippen LogP contribution in [0.25, 0.3) is 22.3 Å². The summed E-state index contributed by atoms with van der Waals surface area (Å²) in [6.07, 6.45) is 5.29. The van der Waals surface area contributed by atoms with E-state index in [4.69, 9.17) is 14.6 Å². The first-order chi connectivity index (χ1) is 18.6. The monoisotopic (exact) mass is 514 g/mol. The van der Waals surface area contributed by atoms with E-state index >= 15 is 0 Å². The maximum absolute atomic E-state index is 12.7. The Morgan fingerprint density at radius 1 is 1.11 bits per heavy atom. The molecular weight excluding hydrogens is 484 g/mol. The van der Waals surface area contributed by atoms with Gasteiger partial charge < -0.3 is 25.2 Å². The molecule has 0 spiro atoms. The summed E-state index contributed by atoms with van der Waals surface area (Å²) in [6.45, 7) is 1.48. The van der Waals surface area contributed by atoms with Crippen LogP contribution in [0, 0.1) is 0 Å². The van der Waals surface area contributed by atoms with Crippen LogP contribution in [-0.4, -0.2) is 64.2 Å². The Morgan fingerprint density at radius 3 is 2.66 bits per heavy atom. The van der Waals surface area contributed by atoms with Crippen LogP contribution >= 0.6 is 0 Å². The highest BCUT2D eigenvalue weighted by Gasteiger charge is 2.25. The van der Waals surface area contributed by atoms with E-state index in [1.807, 2.05) is 41.1 Å². The number of para-hydroxylation sites is 1. The predicted molar refractivity (Wildman–Crippen MR) is 144 cm³/mol. The second-order valence-electron chi connectivity index (χ2n) is 8.97. The lowest BCUT2D eigenvalue weighted by molar-refractivity contribution is 0.0948. The number of fused-ring (bicyclic) bond motifs is 1. The molecule has 10 heteroatoms. The van der Waals surface area contributed by atoms with Crippen molar-refractivity contribution in [3.05, 3.63) is 78.1 Å². The molecule has 3 N–H and O–H groups in total. The van der Waals surface area contributed by atoms with E-state index in [0.29, 0.717) is 48.9 Å². The lowest BCUT2D eigenvalue weighted by atomic mass is 10.1. The third kappa shape index (κ3) is 5.22. The molecule has 5 rings (SSSR count). The molecule has 0 fully saturated rings. The number of aliphatic hydroxyl groups is 1. The molecule has 1 aliphatic carbocycles. The highest BCUT2D eigenvalue weighted by atomic mass is 16.5. The molecule has 0 aliphatic heterocycles. The molecule has 4 aromatic rings. The zero-order valence-corrected chi connectivity index (χ0v) is 21.3. The van der Waals surface area contributed by atoms with Gasteiger partial charge in [0.15, 0.2) is 5.65 Å². The van der Waals surface area contributed by atoms with Crippen LogP contribution < -0.4 is 15.4 Å². The SMILES string of the molecule is COCCNc1ncnc2c1c(-c1ccc(CNC(=O)c3ccccc3OC)cc1)nn2[C@H]1C=C[C@H](O)C1. The number of carbonyl (C=O) groups is 1. The fourth-order valence-electron chi connectivity index (χ4n) is 4.54. The van der Waals surface area contributed by atoms with Gasteiger partial charge in [0.05, 0.1) is 36.8 Å². The summed E-state index contributed by atoms with van der Waals surface area (Å²) in [5.74, 6) is 1.00. The third-order valence-electron chi connectivity index (χ3n) is 6.47. The maximum atomic E-state index is 12.7. The molecule has 10 nitrogen and oxygen atoms in total. The highest BCUT2D eigenvalue weighted by Crippen LogP contribution is 2.35. The van der Waals surface area contributed by atoms with Gasteiger partial charge >= 0.3 is 0 Å². The van der Waals surface area contributed by atoms with Crippen molar-refractivity contribution < 1.29 is 19.4 Å². The summed E-state index contributed by atoms with van der Waals surface area (Å²) < 4.78 is 12.3. The lowest BCUT2D eigenvalue weighted by Crippen LogP contribution is -2.23. The minimum Gasteiger partial charge on any atom is -0.496 e. The smallest absolute Gasteiger partial charge is 0.255 e. The second-order valence-corrected chi connectivity index (χ2v) is 8.97. The van der Waals surface area contributed by atoms with Gasteiger partial charge in [0.25, 0.3) is 5.91 Å². The van der Waals surface area contributed by atoms with Crippen LogP contribution in [0.15, 0.2) is 67.0 Å². The molecule has 2 heterocycles. The quantitative estimate of drug-likeness (QED) is 0.218. The molecule has 2 atom stereocenters. The molecule has 38 heavy (non-hydrogen) atoms. The molecule has 1 aliphatic rings. The van der Waals surface area contributed by atoms with Gasteiger partial charge in [-0.2, -0.15) is 5.10 Å². The Balaban J connectivity index is 1.42. The lowest BCUT2D eigenvalue weighted by Gasteiger charge is -2.10. The van der Waals surface area contributed by atoms with Gasteiger partial charge in [-0.25, -0.2) is 14.6 Å². The van der Waals surface area contributed by atoms with E-state index < -0.39 is 6.10 Å². The van der Waals surface area contributed by atoms with Crippen molar-refractivity contribution in [3.63, 3.8) is 0 Å². The molecule has 1 amide bonds. The molecule has 2 aromatic carbocycles.